The monoisotopic (exact) mass is 300 g/mol. The summed E-state index contributed by atoms with van der Waals surface area (Å²) in [7, 11) is 0. The molecule has 1 aliphatic rings. The van der Waals surface area contributed by atoms with Gasteiger partial charge in [0, 0.05) is 23.9 Å². The van der Waals surface area contributed by atoms with E-state index in [4.69, 9.17) is 4.98 Å². The lowest BCUT2D eigenvalue weighted by Crippen LogP contribution is -1.95. The number of hydrogen-bond donors (Lipinski definition) is 0. The topological polar surface area (TPSA) is 51.6 Å². The number of thiazole rings is 1. The fraction of sp³-hybridized carbons (Fsp3) is 0.286. The third-order valence-corrected chi connectivity index (χ3v) is 5.39. The van der Waals surface area contributed by atoms with Crippen LogP contribution in [0.1, 0.15) is 24.5 Å². The summed E-state index contributed by atoms with van der Waals surface area (Å²) < 4.78 is 2.22. The number of hydrogen-bond acceptors (Lipinski definition) is 6. The molecule has 1 aliphatic carbocycles. The minimum atomic E-state index is 0.594. The fourth-order valence-corrected chi connectivity index (χ4v) is 3.74. The maximum atomic E-state index is 4.80. The fourth-order valence-electron chi connectivity index (χ4n) is 2.18. The van der Waals surface area contributed by atoms with Gasteiger partial charge in [-0.05, 0) is 31.2 Å². The molecule has 0 N–H and O–H groups in total. The third kappa shape index (κ3) is 2.09. The zero-order chi connectivity index (χ0) is 13.5. The molecule has 3 aromatic rings. The number of thioether (sulfide) groups is 1. The Hall–Kier alpha value is -1.53. The average molecular weight is 300 g/mol. The summed E-state index contributed by atoms with van der Waals surface area (Å²) in [5.74, 6) is 1.36. The van der Waals surface area contributed by atoms with Crippen molar-refractivity contribution >= 4 is 33.4 Å². The molecule has 1 fully saturated rings. The van der Waals surface area contributed by atoms with Gasteiger partial charge in [0.1, 0.15) is 0 Å². The second-order valence-corrected chi connectivity index (χ2v) is 6.83. The first-order valence-electron chi connectivity index (χ1n) is 6.48. The van der Waals surface area contributed by atoms with E-state index in [1.807, 2.05) is 18.4 Å². The van der Waals surface area contributed by atoms with Gasteiger partial charge in [-0.3, -0.25) is 4.98 Å². The average Bonchev–Trinajstić information content (AvgIpc) is 3.25. The van der Waals surface area contributed by atoms with Crippen LogP contribution in [0.5, 0.6) is 0 Å². The van der Waals surface area contributed by atoms with Gasteiger partial charge in [0.15, 0.2) is 15.8 Å². The van der Waals surface area contributed by atoms with E-state index in [0.29, 0.717) is 5.92 Å². The predicted molar refractivity (Wildman–Crippen MR) is 82.2 cm³/mol. The van der Waals surface area contributed by atoms with Gasteiger partial charge in [0.25, 0.3) is 0 Å². The molecule has 0 bridgehead atoms. The smallest absolute Gasteiger partial charge is 0.175 e. The molecule has 20 heavy (non-hydrogen) atoms. The molecule has 3 aromatic heterocycles. The highest BCUT2D eigenvalue weighted by Crippen LogP contribution is 2.44. The van der Waals surface area contributed by atoms with Gasteiger partial charge in [-0.2, -0.15) is 0 Å². The molecule has 4 nitrogen and oxygen atoms in total. The Bertz CT molecular complexity index is 765. The van der Waals surface area contributed by atoms with Crippen LogP contribution >= 0.6 is 23.1 Å². The molecule has 0 spiro atoms. The molecular weight excluding hydrogens is 288 g/mol. The van der Waals surface area contributed by atoms with E-state index >= 15 is 0 Å². The molecule has 100 valence electrons. The van der Waals surface area contributed by atoms with E-state index in [1.165, 1.54) is 18.5 Å². The highest BCUT2D eigenvalue weighted by molar-refractivity contribution is 8.00. The van der Waals surface area contributed by atoms with Crippen molar-refractivity contribution in [2.24, 2.45) is 0 Å². The Morgan fingerprint density at radius 2 is 1.95 bits per heavy atom. The molecule has 0 radical (unpaired) electrons. The van der Waals surface area contributed by atoms with E-state index in [-0.39, 0.29) is 0 Å². The number of nitrogens with zero attached hydrogens (tertiary/aromatic N) is 4. The summed E-state index contributed by atoms with van der Waals surface area (Å²) in [4.78, 5) is 18.1. The lowest BCUT2D eigenvalue weighted by molar-refractivity contribution is 1.02. The van der Waals surface area contributed by atoms with Crippen molar-refractivity contribution in [2.75, 3.05) is 6.26 Å². The van der Waals surface area contributed by atoms with Gasteiger partial charge in [0.05, 0.1) is 10.4 Å². The maximum absolute atomic E-state index is 4.80. The first kappa shape index (κ1) is 12.2. The molecule has 1 saturated carbocycles. The Labute approximate surface area is 124 Å². The number of rotatable bonds is 3. The first-order valence-corrected chi connectivity index (χ1v) is 8.52. The number of fused-ring (bicyclic) bond motifs is 1. The van der Waals surface area contributed by atoms with E-state index in [1.54, 1.807) is 35.5 Å². The molecule has 0 amide bonds. The SMILES string of the molecule is CSc1nc2nc(-c3ccncc3)nc(C3CC3)c2s1. The Balaban J connectivity index is 1.94. The van der Waals surface area contributed by atoms with Gasteiger partial charge >= 0.3 is 0 Å². The second kappa shape index (κ2) is 4.79. The largest absolute Gasteiger partial charge is 0.265 e. The molecule has 0 saturated heterocycles. The standard InChI is InChI=1S/C14H12N4S2/c1-19-14-18-13-11(20-14)10(8-2-3-8)16-12(17-13)9-4-6-15-7-5-9/h4-8H,2-3H2,1H3. The number of aromatic nitrogens is 4. The normalized spacial score (nSPS) is 14.8. The lowest BCUT2D eigenvalue weighted by atomic mass is 10.2. The van der Waals surface area contributed by atoms with E-state index in [2.05, 4.69) is 15.0 Å². The van der Waals surface area contributed by atoms with Crippen LogP contribution in [0.15, 0.2) is 28.9 Å². The van der Waals surface area contributed by atoms with Crippen molar-refractivity contribution in [2.45, 2.75) is 23.1 Å². The van der Waals surface area contributed by atoms with Crippen LogP contribution in [0.4, 0.5) is 0 Å². The quantitative estimate of drug-likeness (QED) is 0.690. The Morgan fingerprint density at radius 3 is 2.65 bits per heavy atom. The minimum Gasteiger partial charge on any atom is -0.265 e. The van der Waals surface area contributed by atoms with Crippen LogP contribution in [0.2, 0.25) is 0 Å². The molecule has 0 aliphatic heterocycles. The summed E-state index contributed by atoms with van der Waals surface area (Å²) in [6.45, 7) is 0. The van der Waals surface area contributed by atoms with E-state index < -0.39 is 0 Å². The van der Waals surface area contributed by atoms with Crippen LogP contribution in [-0.4, -0.2) is 26.2 Å². The van der Waals surface area contributed by atoms with Crippen LogP contribution < -0.4 is 0 Å². The van der Waals surface area contributed by atoms with Gasteiger partial charge in [-0.1, -0.05) is 11.8 Å². The molecule has 0 aromatic carbocycles. The van der Waals surface area contributed by atoms with Crippen molar-refractivity contribution in [3.8, 4) is 11.4 Å². The second-order valence-electron chi connectivity index (χ2n) is 4.78. The van der Waals surface area contributed by atoms with Crippen LogP contribution in [-0.2, 0) is 0 Å². The van der Waals surface area contributed by atoms with E-state index in [0.717, 1.165) is 26.1 Å². The predicted octanol–water partition coefficient (Wildman–Crippen LogP) is 3.75. The van der Waals surface area contributed by atoms with Crippen LogP contribution in [0.3, 0.4) is 0 Å². The van der Waals surface area contributed by atoms with Gasteiger partial charge in [-0.25, -0.2) is 15.0 Å². The molecule has 4 rings (SSSR count). The van der Waals surface area contributed by atoms with Crippen molar-refractivity contribution < 1.29 is 0 Å². The molecule has 6 heteroatoms. The summed E-state index contributed by atoms with van der Waals surface area (Å²) in [6, 6.07) is 3.89. The number of pyridine rings is 1. The van der Waals surface area contributed by atoms with Gasteiger partial charge < -0.3 is 0 Å². The van der Waals surface area contributed by atoms with Crippen molar-refractivity contribution in [3.05, 3.63) is 30.2 Å². The Kier molecular flexibility index (Phi) is 2.93. The summed E-state index contributed by atoms with van der Waals surface area (Å²) in [5.41, 5.74) is 3.02. The zero-order valence-corrected chi connectivity index (χ0v) is 12.5. The molecule has 0 unspecified atom stereocenters. The van der Waals surface area contributed by atoms with Gasteiger partial charge in [-0.15, -0.1) is 11.3 Å². The summed E-state index contributed by atoms with van der Waals surface area (Å²) in [5, 5.41) is 0. The Morgan fingerprint density at radius 1 is 1.15 bits per heavy atom. The summed E-state index contributed by atoms with van der Waals surface area (Å²) in [6.07, 6.45) is 8.05. The highest BCUT2D eigenvalue weighted by Gasteiger charge is 2.29. The van der Waals surface area contributed by atoms with E-state index in [9.17, 15) is 0 Å². The van der Waals surface area contributed by atoms with Crippen LogP contribution in [0, 0.1) is 0 Å². The van der Waals surface area contributed by atoms with Gasteiger partial charge in [0.2, 0.25) is 0 Å². The third-order valence-electron chi connectivity index (χ3n) is 3.34. The molecule has 3 heterocycles. The van der Waals surface area contributed by atoms with Crippen molar-refractivity contribution in [1.29, 1.82) is 0 Å². The first-order chi connectivity index (χ1) is 9.85. The highest BCUT2D eigenvalue weighted by atomic mass is 32.2. The van der Waals surface area contributed by atoms with Crippen molar-refractivity contribution in [3.63, 3.8) is 0 Å². The molecule has 0 atom stereocenters. The maximum Gasteiger partial charge on any atom is 0.175 e. The zero-order valence-electron chi connectivity index (χ0n) is 10.9. The summed E-state index contributed by atoms with van der Waals surface area (Å²) >= 11 is 3.38. The lowest BCUT2D eigenvalue weighted by Gasteiger charge is -2.03. The van der Waals surface area contributed by atoms with Crippen LogP contribution in [0.25, 0.3) is 21.7 Å². The van der Waals surface area contributed by atoms with Crippen molar-refractivity contribution in [1.82, 2.24) is 19.9 Å². The molecular formula is C14H12N4S2. The minimum absolute atomic E-state index is 0.594.